The topological polar surface area (TPSA) is 58.9 Å². The van der Waals surface area contributed by atoms with E-state index in [0.29, 0.717) is 12.5 Å². The van der Waals surface area contributed by atoms with Crippen molar-refractivity contribution in [3.63, 3.8) is 0 Å². The van der Waals surface area contributed by atoms with E-state index in [0.717, 1.165) is 24.6 Å². The van der Waals surface area contributed by atoms with Crippen LogP contribution in [0.15, 0.2) is 24.7 Å². The molecule has 0 aliphatic carbocycles. The predicted molar refractivity (Wildman–Crippen MR) is 76.1 cm³/mol. The monoisotopic (exact) mass is 260 g/mol. The molecule has 6 heteroatoms. The molecule has 0 amide bonds. The second kappa shape index (κ2) is 6.17. The van der Waals surface area contributed by atoms with Gasteiger partial charge in [0.1, 0.15) is 11.6 Å². The van der Waals surface area contributed by atoms with Crippen molar-refractivity contribution < 1.29 is 0 Å². The zero-order valence-electron chi connectivity index (χ0n) is 11.7. The van der Waals surface area contributed by atoms with E-state index in [4.69, 9.17) is 0 Å². The van der Waals surface area contributed by atoms with Crippen molar-refractivity contribution in [3.05, 3.63) is 30.5 Å². The molecule has 0 aliphatic rings. The first-order chi connectivity index (χ1) is 9.20. The second-order valence-corrected chi connectivity index (χ2v) is 4.48. The highest BCUT2D eigenvalue weighted by Gasteiger charge is 2.07. The maximum absolute atomic E-state index is 4.49. The van der Waals surface area contributed by atoms with E-state index in [1.54, 1.807) is 12.4 Å². The second-order valence-electron chi connectivity index (χ2n) is 4.48. The maximum atomic E-state index is 4.49. The summed E-state index contributed by atoms with van der Waals surface area (Å²) < 4.78 is 2.01. The van der Waals surface area contributed by atoms with Crippen LogP contribution in [0.1, 0.15) is 19.2 Å². The fourth-order valence-corrected chi connectivity index (χ4v) is 1.73. The number of anilines is 2. The fourth-order valence-electron chi connectivity index (χ4n) is 1.73. The van der Waals surface area contributed by atoms with Crippen molar-refractivity contribution in [2.24, 2.45) is 7.05 Å². The standard InChI is InChI=1S/C13H20N6/c1-4-6-15-13-16-7-5-11(17-13)19(3)10-12-14-8-9-18(12)2/h5,7-9H,4,6,10H2,1-3H3,(H,15,16,17). The molecule has 0 saturated heterocycles. The molecule has 2 aromatic rings. The van der Waals surface area contributed by atoms with Crippen LogP contribution in [0, 0.1) is 0 Å². The number of hydrogen-bond acceptors (Lipinski definition) is 5. The van der Waals surface area contributed by atoms with Crippen molar-refractivity contribution in [3.8, 4) is 0 Å². The molecular weight excluding hydrogens is 240 g/mol. The van der Waals surface area contributed by atoms with Gasteiger partial charge in [0.15, 0.2) is 0 Å². The third-order valence-electron chi connectivity index (χ3n) is 2.86. The van der Waals surface area contributed by atoms with E-state index in [2.05, 4.69) is 32.1 Å². The van der Waals surface area contributed by atoms with Crippen molar-refractivity contribution in [1.29, 1.82) is 0 Å². The molecule has 0 aliphatic heterocycles. The average molecular weight is 260 g/mol. The summed E-state index contributed by atoms with van der Waals surface area (Å²) in [5.74, 6) is 2.56. The Morgan fingerprint density at radius 2 is 2.16 bits per heavy atom. The predicted octanol–water partition coefficient (Wildman–Crippen LogP) is 1.67. The van der Waals surface area contributed by atoms with Crippen molar-refractivity contribution in [2.45, 2.75) is 19.9 Å². The van der Waals surface area contributed by atoms with Gasteiger partial charge in [-0.1, -0.05) is 6.92 Å². The first kappa shape index (κ1) is 13.3. The Balaban J connectivity index is 2.06. The lowest BCUT2D eigenvalue weighted by Gasteiger charge is -2.18. The minimum absolute atomic E-state index is 0.672. The Hall–Kier alpha value is -2.11. The number of hydrogen-bond donors (Lipinski definition) is 1. The highest BCUT2D eigenvalue weighted by atomic mass is 15.2. The van der Waals surface area contributed by atoms with Crippen molar-refractivity contribution >= 4 is 11.8 Å². The molecule has 0 bridgehead atoms. The van der Waals surface area contributed by atoms with Gasteiger partial charge in [0, 0.05) is 39.2 Å². The van der Waals surface area contributed by atoms with Gasteiger partial charge in [-0.2, -0.15) is 4.98 Å². The molecule has 19 heavy (non-hydrogen) atoms. The minimum atomic E-state index is 0.672. The molecule has 2 rings (SSSR count). The molecule has 0 saturated carbocycles. The number of imidazole rings is 1. The Bertz CT molecular complexity index is 521. The third-order valence-corrected chi connectivity index (χ3v) is 2.86. The Kier molecular flexibility index (Phi) is 4.33. The minimum Gasteiger partial charge on any atom is -0.354 e. The molecule has 0 fully saturated rings. The highest BCUT2D eigenvalue weighted by Crippen LogP contribution is 2.12. The smallest absolute Gasteiger partial charge is 0.224 e. The van der Waals surface area contributed by atoms with Gasteiger partial charge in [0.2, 0.25) is 5.95 Å². The fraction of sp³-hybridized carbons (Fsp3) is 0.462. The third kappa shape index (κ3) is 3.43. The van der Waals surface area contributed by atoms with Crippen molar-refractivity contribution in [1.82, 2.24) is 19.5 Å². The van der Waals surface area contributed by atoms with Gasteiger partial charge in [-0.15, -0.1) is 0 Å². The molecule has 0 spiro atoms. The van der Waals surface area contributed by atoms with Gasteiger partial charge in [0.25, 0.3) is 0 Å². The molecule has 1 N–H and O–H groups in total. The molecule has 2 heterocycles. The van der Waals surface area contributed by atoms with Crippen LogP contribution in [0.25, 0.3) is 0 Å². The van der Waals surface area contributed by atoms with Gasteiger partial charge in [-0.25, -0.2) is 9.97 Å². The molecule has 0 atom stereocenters. The summed E-state index contributed by atoms with van der Waals surface area (Å²) in [7, 11) is 3.99. The first-order valence-electron chi connectivity index (χ1n) is 6.45. The van der Waals surface area contributed by atoms with Crippen LogP contribution in [0.3, 0.4) is 0 Å². The molecular formula is C13H20N6. The maximum Gasteiger partial charge on any atom is 0.224 e. The summed E-state index contributed by atoms with van der Waals surface area (Å²) in [6, 6.07) is 1.90. The van der Waals surface area contributed by atoms with Crippen LogP contribution in [0.5, 0.6) is 0 Å². The number of aromatic nitrogens is 4. The zero-order chi connectivity index (χ0) is 13.7. The van der Waals surface area contributed by atoms with E-state index in [-0.39, 0.29) is 0 Å². The largest absolute Gasteiger partial charge is 0.354 e. The van der Waals surface area contributed by atoms with E-state index in [9.17, 15) is 0 Å². The molecule has 6 nitrogen and oxygen atoms in total. The number of nitrogens with one attached hydrogen (secondary N) is 1. The molecule has 2 aromatic heterocycles. The Labute approximate surface area is 113 Å². The lowest BCUT2D eigenvalue weighted by molar-refractivity contribution is 0.754. The van der Waals surface area contributed by atoms with Gasteiger partial charge in [0.05, 0.1) is 6.54 Å². The summed E-state index contributed by atoms with van der Waals surface area (Å²) >= 11 is 0. The van der Waals surface area contributed by atoms with Crippen LogP contribution in [0.4, 0.5) is 11.8 Å². The van der Waals surface area contributed by atoms with Gasteiger partial charge >= 0.3 is 0 Å². The first-order valence-corrected chi connectivity index (χ1v) is 6.45. The number of aryl methyl sites for hydroxylation is 1. The molecule has 102 valence electrons. The lowest BCUT2D eigenvalue weighted by Crippen LogP contribution is -2.20. The highest BCUT2D eigenvalue weighted by molar-refractivity contribution is 5.41. The summed E-state index contributed by atoms with van der Waals surface area (Å²) in [6.07, 6.45) is 6.57. The summed E-state index contributed by atoms with van der Waals surface area (Å²) in [5, 5.41) is 3.19. The van der Waals surface area contributed by atoms with Crippen LogP contribution >= 0.6 is 0 Å². The molecule has 0 radical (unpaired) electrons. The summed E-state index contributed by atoms with van der Waals surface area (Å²) in [5.41, 5.74) is 0. The van der Waals surface area contributed by atoms with E-state index >= 15 is 0 Å². The molecule has 0 unspecified atom stereocenters. The lowest BCUT2D eigenvalue weighted by atomic mass is 10.4. The SMILES string of the molecule is CCCNc1nccc(N(C)Cc2nccn2C)n1. The zero-order valence-corrected chi connectivity index (χ0v) is 11.7. The molecule has 0 aromatic carbocycles. The quantitative estimate of drug-likeness (QED) is 0.856. The Morgan fingerprint density at radius 1 is 1.32 bits per heavy atom. The Morgan fingerprint density at radius 3 is 2.84 bits per heavy atom. The number of rotatable bonds is 6. The van der Waals surface area contributed by atoms with Gasteiger partial charge in [-0.3, -0.25) is 0 Å². The van der Waals surface area contributed by atoms with Gasteiger partial charge in [-0.05, 0) is 12.5 Å². The average Bonchev–Trinajstić information content (AvgIpc) is 2.82. The van der Waals surface area contributed by atoms with Crippen LogP contribution in [-0.4, -0.2) is 33.1 Å². The number of nitrogens with zero attached hydrogens (tertiary/aromatic N) is 5. The normalized spacial score (nSPS) is 10.5. The van der Waals surface area contributed by atoms with E-state index < -0.39 is 0 Å². The van der Waals surface area contributed by atoms with Crippen LogP contribution in [0.2, 0.25) is 0 Å². The van der Waals surface area contributed by atoms with Crippen molar-refractivity contribution in [2.75, 3.05) is 23.8 Å². The van der Waals surface area contributed by atoms with Crippen LogP contribution in [-0.2, 0) is 13.6 Å². The van der Waals surface area contributed by atoms with Gasteiger partial charge < -0.3 is 14.8 Å². The van der Waals surface area contributed by atoms with E-state index in [1.807, 2.05) is 30.9 Å². The summed E-state index contributed by atoms with van der Waals surface area (Å²) in [6.45, 7) is 3.71. The summed E-state index contributed by atoms with van der Waals surface area (Å²) in [4.78, 5) is 15.1. The van der Waals surface area contributed by atoms with E-state index in [1.165, 1.54) is 0 Å². The van der Waals surface area contributed by atoms with Crippen LogP contribution < -0.4 is 10.2 Å².